The van der Waals surface area contributed by atoms with E-state index in [9.17, 15) is 14.4 Å². The van der Waals surface area contributed by atoms with Crippen LogP contribution in [-0.2, 0) is 14.3 Å². The lowest BCUT2D eigenvalue weighted by atomic mass is 10.1. The van der Waals surface area contributed by atoms with Crippen LogP contribution in [0.25, 0.3) is 0 Å². The molecule has 30 heavy (non-hydrogen) atoms. The number of thioether (sulfide) groups is 1. The van der Waals surface area contributed by atoms with Crippen LogP contribution in [0.2, 0.25) is 0 Å². The van der Waals surface area contributed by atoms with Crippen LogP contribution in [0.15, 0.2) is 29.6 Å². The second-order valence-electron chi connectivity index (χ2n) is 5.61. The van der Waals surface area contributed by atoms with Gasteiger partial charge in [-0.2, -0.15) is 0 Å². The molecule has 0 saturated carbocycles. The fourth-order valence-electron chi connectivity index (χ4n) is 2.23. The standard InChI is InChI=1S/C19H21N3O7S/c1-4-28-18(25)13-8-21-19(22-17(13)20)30-10-16(24)29-9-14(23)12-6-5-11(26-2)7-15(12)27-3/h5-8H,4,9-10H2,1-3H3,(H2,20,21,22). The quantitative estimate of drug-likeness (QED) is 0.253. The van der Waals surface area contributed by atoms with Crippen molar-refractivity contribution in [1.29, 1.82) is 0 Å². The third kappa shape index (κ3) is 6.08. The summed E-state index contributed by atoms with van der Waals surface area (Å²) >= 11 is 0.955. The summed E-state index contributed by atoms with van der Waals surface area (Å²) in [5, 5.41) is 0.181. The van der Waals surface area contributed by atoms with Crippen LogP contribution in [0.3, 0.4) is 0 Å². The molecule has 0 aliphatic rings. The van der Waals surface area contributed by atoms with Gasteiger partial charge in [0.25, 0.3) is 0 Å². The predicted molar refractivity (Wildman–Crippen MR) is 108 cm³/mol. The molecule has 10 nitrogen and oxygen atoms in total. The van der Waals surface area contributed by atoms with E-state index in [4.69, 9.17) is 24.7 Å². The molecule has 160 valence electrons. The summed E-state index contributed by atoms with van der Waals surface area (Å²) in [5.74, 6) is -1.05. The molecular formula is C19H21N3O7S. The average molecular weight is 435 g/mol. The fourth-order valence-corrected chi connectivity index (χ4v) is 2.85. The van der Waals surface area contributed by atoms with Crippen molar-refractivity contribution < 1.29 is 33.3 Å². The number of methoxy groups -OCH3 is 2. The van der Waals surface area contributed by atoms with Crippen LogP contribution in [0, 0.1) is 0 Å². The SMILES string of the molecule is CCOC(=O)c1cnc(SCC(=O)OCC(=O)c2ccc(OC)cc2OC)nc1N. The molecule has 0 fully saturated rings. The molecule has 1 heterocycles. The van der Waals surface area contributed by atoms with E-state index < -0.39 is 24.3 Å². The van der Waals surface area contributed by atoms with E-state index >= 15 is 0 Å². The summed E-state index contributed by atoms with van der Waals surface area (Å²) in [6, 6.07) is 4.70. The van der Waals surface area contributed by atoms with Gasteiger partial charge in [0.2, 0.25) is 5.78 Å². The number of hydrogen-bond acceptors (Lipinski definition) is 11. The molecule has 0 saturated heterocycles. The van der Waals surface area contributed by atoms with Crippen molar-refractivity contribution in [2.24, 2.45) is 0 Å². The first kappa shape index (κ1) is 22.9. The molecule has 2 aromatic rings. The molecular weight excluding hydrogens is 414 g/mol. The van der Waals surface area contributed by atoms with Crippen LogP contribution >= 0.6 is 11.8 Å². The third-order valence-corrected chi connectivity index (χ3v) is 4.52. The van der Waals surface area contributed by atoms with E-state index in [-0.39, 0.29) is 34.5 Å². The lowest BCUT2D eigenvalue weighted by Crippen LogP contribution is -2.16. The second kappa shape index (κ2) is 11.0. The molecule has 2 rings (SSSR count). The van der Waals surface area contributed by atoms with Crippen molar-refractivity contribution in [2.45, 2.75) is 12.1 Å². The predicted octanol–water partition coefficient (Wildman–Crippen LogP) is 1.77. The van der Waals surface area contributed by atoms with Gasteiger partial charge in [0.05, 0.1) is 32.1 Å². The topological polar surface area (TPSA) is 140 Å². The Balaban J connectivity index is 1.89. The van der Waals surface area contributed by atoms with Crippen molar-refractivity contribution in [3.8, 4) is 11.5 Å². The summed E-state index contributed by atoms with van der Waals surface area (Å²) in [6.45, 7) is 1.41. The first-order chi connectivity index (χ1) is 14.4. The summed E-state index contributed by atoms with van der Waals surface area (Å²) in [5.41, 5.74) is 6.04. The first-order valence-corrected chi connectivity index (χ1v) is 9.71. The van der Waals surface area contributed by atoms with Crippen LogP contribution < -0.4 is 15.2 Å². The first-order valence-electron chi connectivity index (χ1n) is 8.72. The minimum Gasteiger partial charge on any atom is -0.497 e. The van der Waals surface area contributed by atoms with Gasteiger partial charge in [-0.15, -0.1) is 0 Å². The largest absolute Gasteiger partial charge is 0.497 e. The van der Waals surface area contributed by atoms with E-state index in [0.29, 0.717) is 11.5 Å². The van der Waals surface area contributed by atoms with Crippen molar-refractivity contribution in [1.82, 2.24) is 9.97 Å². The summed E-state index contributed by atoms with van der Waals surface area (Å²) < 4.78 is 20.1. The highest BCUT2D eigenvalue weighted by molar-refractivity contribution is 7.99. The number of hydrogen-bond donors (Lipinski definition) is 1. The Bertz CT molecular complexity index is 936. The number of benzene rings is 1. The monoisotopic (exact) mass is 435 g/mol. The molecule has 2 N–H and O–H groups in total. The molecule has 0 spiro atoms. The van der Waals surface area contributed by atoms with Gasteiger partial charge in [0.1, 0.15) is 22.9 Å². The van der Waals surface area contributed by atoms with Gasteiger partial charge in [-0.05, 0) is 19.1 Å². The van der Waals surface area contributed by atoms with E-state index in [2.05, 4.69) is 9.97 Å². The molecule has 1 aromatic heterocycles. The molecule has 0 aliphatic heterocycles. The highest BCUT2D eigenvalue weighted by atomic mass is 32.2. The van der Waals surface area contributed by atoms with Gasteiger partial charge in [0, 0.05) is 12.3 Å². The molecule has 0 bridgehead atoms. The van der Waals surface area contributed by atoms with Crippen LogP contribution in [0.4, 0.5) is 5.82 Å². The van der Waals surface area contributed by atoms with Crippen molar-refractivity contribution >= 4 is 35.3 Å². The number of anilines is 1. The number of aromatic nitrogens is 2. The molecule has 0 radical (unpaired) electrons. The Kier molecular flexibility index (Phi) is 8.41. The number of Topliss-reactive ketones (excluding diaryl/α,β-unsaturated/α-hetero) is 1. The number of carbonyl (C=O) groups excluding carboxylic acids is 3. The lowest BCUT2D eigenvalue weighted by Gasteiger charge is -2.10. The van der Waals surface area contributed by atoms with Crippen LogP contribution in [-0.4, -0.2) is 60.9 Å². The van der Waals surface area contributed by atoms with Gasteiger partial charge >= 0.3 is 11.9 Å². The van der Waals surface area contributed by atoms with Crippen LogP contribution in [0.5, 0.6) is 11.5 Å². The van der Waals surface area contributed by atoms with Crippen molar-refractivity contribution in [3.05, 3.63) is 35.5 Å². The Morgan fingerprint density at radius 1 is 1.10 bits per heavy atom. The number of carbonyl (C=O) groups is 3. The lowest BCUT2D eigenvalue weighted by molar-refractivity contribution is -0.139. The summed E-state index contributed by atoms with van der Waals surface area (Å²) in [7, 11) is 2.92. The smallest absolute Gasteiger partial charge is 0.343 e. The number of ketones is 1. The number of nitrogens with two attached hydrogens (primary N) is 1. The molecule has 0 unspecified atom stereocenters. The normalized spacial score (nSPS) is 10.2. The number of esters is 2. The zero-order valence-corrected chi connectivity index (χ0v) is 17.5. The Labute approximate surface area is 177 Å². The zero-order chi connectivity index (χ0) is 22.1. The van der Waals surface area contributed by atoms with E-state index in [0.717, 1.165) is 11.8 Å². The number of nitrogens with zero attached hydrogens (tertiary/aromatic N) is 2. The van der Waals surface area contributed by atoms with Crippen molar-refractivity contribution in [2.75, 3.05) is 38.9 Å². The van der Waals surface area contributed by atoms with Crippen molar-refractivity contribution in [3.63, 3.8) is 0 Å². The zero-order valence-electron chi connectivity index (χ0n) is 16.7. The Morgan fingerprint density at radius 3 is 2.50 bits per heavy atom. The maximum absolute atomic E-state index is 12.3. The maximum atomic E-state index is 12.3. The number of nitrogen functional groups attached to an aromatic ring is 1. The molecule has 0 atom stereocenters. The van der Waals surface area contributed by atoms with Gasteiger partial charge in [-0.3, -0.25) is 9.59 Å². The van der Waals surface area contributed by atoms with Gasteiger partial charge < -0.3 is 24.7 Å². The van der Waals surface area contributed by atoms with Gasteiger partial charge in [-0.25, -0.2) is 14.8 Å². The highest BCUT2D eigenvalue weighted by Gasteiger charge is 2.17. The van der Waals surface area contributed by atoms with Gasteiger partial charge in [-0.1, -0.05) is 11.8 Å². The molecule has 1 aromatic carbocycles. The minimum atomic E-state index is -0.641. The van der Waals surface area contributed by atoms with Crippen LogP contribution in [0.1, 0.15) is 27.6 Å². The average Bonchev–Trinajstić information content (AvgIpc) is 2.75. The minimum absolute atomic E-state index is 0.0443. The number of rotatable bonds is 10. The van der Waals surface area contributed by atoms with Gasteiger partial charge in [0.15, 0.2) is 11.8 Å². The van der Waals surface area contributed by atoms with E-state index in [1.807, 2.05) is 0 Å². The molecule has 0 amide bonds. The second-order valence-corrected chi connectivity index (χ2v) is 6.55. The molecule has 0 aliphatic carbocycles. The summed E-state index contributed by atoms with van der Waals surface area (Å²) in [6.07, 6.45) is 1.23. The Morgan fingerprint density at radius 2 is 1.87 bits per heavy atom. The fraction of sp³-hybridized carbons (Fsp3) is 0.316. The molecule has 11 heteroatoms. The third-order valence-electron chi connectivity index (χ3n) is 3.68. The van der Waals surface area contributed by atoms with E-state index in [1.165, 1.54) is 26.5 Å². The number of ether oxygens (including phenoxy) is 4. The summed E-state index contributed by atoms with van der Waals surface area (Å²) in [4.78, 5) is 43.9. The highest BCUT2D eigenvalue weighted by Crippen LogP contribution is 2.25. The Hall–Kier alpha value is -3.34. The maximum Gasteiger partial charge on any atom is 0.343 e. The van der Waals surface area contributed by atoms with E-state index in [1.54, 1.807) is 19.1 Å².